The van der Waals surface area contributed by atoms with Crippen LogP contribution in [0.5, 0.6) is 11.5 Å². The third-order valence-corrected chi connectivity index (χ3v) is 6.86. The maximum atomic E-state index is 10.4. The Morgan fingerprint density at radius 1 is 0.600 bits per heavy atom. The van der Waals surface area contributed by atoms with Crippen molar-refractivity contribution in [1.82, 2.24) is 0 Å². The van der Waals surface area contributed by atoms with Crippen LogP contribution in [0.25, 0.3) is 0 Å². The van der Waals surface area contributed by atoms with Crippen LogP contribution < -0.4 is 0 Å². The zero-order valence-electron chi connectivity index (χ0n) is 19.2. The molecule has 1 aliphatic carbocycles. The van der Waals surface area contributed by atoms with Crippen LogP contribution in [0.4, 0.5) is 0 Å². The minimum atomic E-state index is -0.244. The van der Waals surface area contributed by atoms with E-state index < -0.39 is 0 Å². The Bertz CT molecular complexity index is 803. The van der Waals surface area contributed by atoms with Crippen molar-refractivity contribution in [2.24, 2.45) is 0 Å². The van der Waals surface area contributed by atoms with E-state index in [1.54, 1.807) is 0 Å². The largest absolute Gasteiger partial charge is 0.507 e. The number of phenols is 2. The highest BCUT2D eigenvalue weighted by Crippen LogP contribution is 2.43. The molecule has 2 aromatic carbocycles. The Morgan fingerprint density at radius 2 is 1.00 bits per heavy atom. The lowest BCUT2D eigenvalue weighted by Crippen LogP contribution is -2.26. The first kappa shape index (κ1) is 22.5. The Morgan fingerprint density at radius 3 is 1.47 bits per heavy atom. The summed E-state index contributed by atoms with van der Waals surface area (Å²) in [6.45, 7) is 7.97. The van der Waals surface area contributed by atoms with E-state index in [0.29, 0.717) is 11.5 Å². The molecule has 0 saturated heterocycles. The summed E-state index contributed by atoms with van der Waals surface area (Å²) < 4.78 is 0. The molecule has 0 fully saturated rings. The van der Waals surface area contributed by atoms with Gasteiger partial charge in [0.15, 0.2) is 0 Å². The summed E-state index contributed by atoms with van der Waals surface area (Å²) in [5, 5.41) is 20.8. The van der Waals surface area contributed by atoms with E-state index in [1.165, 1.54) is 56.1 Å². The van der Waals surface area contributed by atoms with Gasteiger partial charge in [-0.3, -0.25) is 0 Å². The van der Waals surface area contributed by atoms with Gasteiger partial charge < -0.3 is 10.2 Å². The number of rotatable bonds is 2. The summed E-state index contributed by atoms with van der Waals surface area (Å²) >= 11 is 0. The first-order chi connectivity index (χ1) is 14.3. The zero-order chi connectivity index (χ0) is 21.7. The maximum Gasteiger partial charge on any atom is 0.121 e. The quantitative estimate of drug-likeness (QED) is 0.502. The molecule has 0 amide bonds. The van der Waals surface area contributed by atoms with E-state index in [9.17, 15) is 10.2 Å². The molecule has 0 spiro atoms. The molecule has 0 radical (unpaired) electrons. The van der Waals surface area contributed by atoms with Crippen LogP contribution in [0, 0.1) is 27.7 Å². The van der Waals surface area contributed by atoms with Crippen molar-refractivity contribution >= 4 is 0 Å². The Hall–Kier alpha value is -2.22. The lowest BCUT2D eigenvalue weighted by molar-refractivity contribution is 0.461. The van der Waals surface area contributed by atoms with E-state index in [-0.39, 0.29) is 5.41 Å². The lowest BCUT2D eigenvalue weighted by Gasteiger charge is -2.34. The number of aromatic hydroxyl groups is 2. The molecule has 0 atom stereocenters. The van der Waals surface area contributed by atoms with Gasteiger partial charge in [-0.05, 0) is 80.3 Å². The average molecular weight is 407 g/mol. The summed E-state index contributed by atoms with van der Waals surface area (Å²) in [5.41, 5.74) is 5.95. The van der Waals surface area contributed by atoms with Crippen molar-refractivity contribution in [3.63, 3.8) is 0 Å². The molecule has 2 heteroatoms. The van der Waals surface area contributed by atoms with Gasteiger partial charge in [0.1, 0.15) is 11.5 Å². The predicted octanol–water partition coefficient (Wildman–Crippen LogP) is 7.70. The van der Waals surface area contributed by atoms with Crippen LogP contribution in [-0.4, -0.2) is 10.2 Å². The Balaban J connectivity index is 2.21. The van der Waals surface area contributed by atoms with Gasteiger partial charge in [0.2, 0.25) is 0 Å². The first-order valence-corrected chi connectivity index (χ1v) is 11.6. The van der Waals surface area contributed by atoms with E-state index >= 15 is 0 Å². The SMILES string of the molecule is Cc1cc(C2(c3cc(C)c(O)c(C)c3)/C=C\CCCCCCCCC2)cc(C)c1O. The van der Waals surface area contributed by atoms with Crippen molar-refractivity contribution in [2.45, 2.75) is 90.9 Å². The molecule has 0 aliphatic heterocycles. The second kappa shape index (κ2) is 9.73. The molecule has 162 valence electrons. The van der Waals surface area contributed by atoms with Crippen molar-refractivity contribution in [2.75, 3.05) is 0 Å². The van der Waals surface area contributed by atoms with Crippen LogP contribution in [0.1, 0.15) is 91.2 Å². The zero-order valence-corrected chi connectivity index (χ0v) is 19.2. The fourth-order valence-corrected chi connectivity index (χ4v) is 4.99. The molecule has 0 aromatic heterocycles. The molecule has 2 aromatic rings. The van der Waals surface area contributed by atoms with Crippen LogP contribution >= 0.6 is 0 Å². The molecule has 2 N–H and O–H groups in total. The fourth-order valence-electron chi connectivity index (χ4n) is 4.99. The number of hydrogen-bond donors (Lipinski definition) is 2. The van der Waals surface area contributed by atoms with E-state index in [1.807, 2.05) is 27.7 Å². The summed E-state index contributed by atoms with van der Waals surface area (Å²) in [7, 11) is 0. The number of aryl methyl sites for hydroxylation is 4. The lowest BCUT2D eigenvalue weighted by atomic mass is 9.69. The van der Waals surface area contributed by atoms with E-state index in [4.69, 9.17) is 0 Å². The summed E-state index contributed by atoms with van der Waals surface area (Å²) in [6.07, 6.45) is 15.9. The second-order valence-electron chi connectivity index (χ2n) is 9.30. The van der Waals surface area contributed by atoms with Crippen LogP contribution in [0.15, 0.2) is 36.4 Å². The Kier molecular flexibility index (Phi) is 7.28. The number of allylic oxidation sites excluding steroid dienone is 2. The first-order valence-electron chi connectivity index (χ1n) is 11.6. The molecular formula is C28H38O2. The topological polar surface area (TPSA) is 40.5 Å². The van der Waals surface area contributed by atoms with Gasteiger partial charge in [-0.25, -0.2) is 0 Å². The number of phenolic OH excluding ortho intramolecular Hbond substituents is 2. The average Bonchev–Trinajstić information content (AvgIpc) is 2.70. The number of hydrogen-bond acceptors (Lipinski definition) is 2. The van der Waals surface area contributed by atoms with Gasteiger partial charge in [0, 0.05) is 5.41 Å². The van der Waals surface area contributed by atoms with E-state index in [2.05, 4.69) is 36.4 Å². The van der Waals surface area contributed by atoms with Crippen molar-refractivity contribution in [3.05, 3.63) is 69.8 Å². The van der Waals surface area contributed by atoms with Crippen molar-refractivity contribution in [3.8, 4) is 11.5 Å². The minimum absolute atomic E-state index is 0.244. The summed E-state index contributed by atoms with van der Waals surface area (Å²) in [6, 6.07) is 8.65. The van der Waals surface area contributed by atoms with E-state index in [0.717, 1.165) is 35.1 Å². The highest BCUT2D eigenvalue weighted by molar-refractivity contribution is 5.54. The van der Waals surface area contributed by atoms with Crippen molar-refractivity contribution < 1.29 is 10.2 Å². The Labute approximate surface area is 182 Å². The third-order valence-electron chi connectivity index (χ3n) is 6.86. The van der Waals surface area contributed by atoms with Gasteiger partial charge >= 0.3 is 0 Å². The maximum absolute atomic E-state index is 10.4. The van der Waals surface area contributed by atoms with Gasteiger partial charge in [-0.1, -0.05) is 74.9 Å². The molecule has 0 saturated carbocycles. The highest BCUT2D eigenvalue weighted by Gasteiger charge is 2.33. The molecule has 30 heavy (non-hydrogen) atoms. The fraction of sp³-hybridized carbons (Fsp3) is 0.500. The molecule has 3 rings (SSSR count). The van der Waals surface area contributed by atoms with Crippen molar-refractivity contribution in [1.29, 1.82) is 0 Å². The van der Waals surface area contributed by atoms with Gasteiger partial charge in [-0.2, -0.15) is 0 Å². The molecule has 1 aliphatic rings. The predicted molar refractivity (Wildman–Crippen MR) is 127 cm³/mol. The van der Waals surface area contributed by atoms with Crippen LogP contribution in [-0.2, 0) is 5.41 Å². The standard InChI is InChI=1S/C28H38O2/c1-20-16-24(17-21(2)26(20)29)28(25-18-22(3)27(30)23(4)19-25)14-12-10-8-6-5-7-9-11-13-15-28/h12,14,16-19,29-30H,5-11,13,15H2,1-4H3/b14-12-. The summed E-state index contributed by atoms with van der Waals surface area (Å²) in [4.78, 5) is 0. The van der Waals surface area contributed by atoms with Gasteiger partial charge in [0.25, 0.3) is 0 Å². The summed E-state index contributed by atoms with van der Waals surface area (Å²) in [5.74, 6) is 0.785. The van der Waals surface area contributed by atoms with Gasteiger partial charge in [0.05, 0.1) is 0 Å². The third kappa shape index (κ3) is 4.74. The normalized spacial score (nSPS) is 18.9. The highest BCUT2D eigenvalue weighted by atomic mass is 16.3. The second-order valence-corrected chi connectivity index (χ2v) is 9.30. The molecular weight excluding hydrogens is 368 g/mol. The van der Waals surface area contributed by atoms with Crippen LogP contribution in [0.2, 0.25) is 0 Å². The van der Waals surface area contributed by atoms with Gasteiger partial charge in [-0.15, -0.1) is 0 Å². The molecule has 0 heterocycles. The minimum Gasteiger partial charge on any atom is -0.507 e. The number of benzene rings is 2. The molecule has 0 bridgehead atoms. The molecule has 0 unspecified atom stereocenters. The monoisotopic (exact) mass is 406 g/mol. The molecule has 2 nitrogen and oxygen atoms in total. The smallest absolute Gasteiger partial charge is 0.121 e. The van der Waals surface area contributed by atoms with Crippen LogP contribution in [0.3, 0.4) is 0 Å².